The van der Waals surface area contributed by atoms with Gasteiger partial charge in [-0.3, -0.25) is 4.79 Å². The fourth-order valence-corrected chi connectivity index (χ4v) is 2.48. The number of aliphatic carboxylic acids is 1. The van der Waals surface area contributed by atoms with Crippen molar-refractivity contribution in [3.63, 3.8) is 0 Å². The third kappa shape index (κ3) is 4.20. The largest absolute Gasteiger partial charge is 0.481 e. The maximum atomic E-state index is 10.9. The van der Waals surface area contributed by atoms with Gasteiger partial charge >= 0.3 is 5.97 Å². The van der Waals surface area contributed by atoms with Crippen molar-refractivity contribution in [2.75, 3.05) is 0 Å². The van der Waals surface area contributed by atoms with Crippen LogP contribution >= 0.6 is 0 Å². The van der Waals surface area contributed by atoms with Crippen LogP contribution in [0.5, 0.6) is 0 Å². The average Bonchev–Trinajstić information content (AvgIpc) is 2.27. The summed E-state index contributed by atoms with van der Waals surface area (Å²) in [6.07, 6.45) is 6.69. The predicted molar refractivity (Wildman–Crippen MR) is 58.9 cm³/mol. The standard InChI is InChI=1S/C12H22O3/c1-10(2)15-12(9-11(13)14)7-5-3-4-6-8-12/h10H,3-9H2,1-2H3,(H,13,14). The SMILES string of the molecule is CC(C)OC1(CC(=O)O)CCCCCC1. The van der Waals surface area contributed by atoms with E-state index in [1.165, 1.54) is 12.8 Å². The van der Waals surface area contributed by atoms with E-state index in [9.17, 15) is 4.79 Å². The van der Waals surface area contributed by atoms with Crippen LogP contribution in [-0.2, 0) is 9.53 Å². The molecule has 3 heteroatoms. The molecule has 0 unspecified atom stereocenters. The molecule has 0 saturated heterocycles. The van der Waals surface area contributed by atoms with E-state index >= 15 is 0 Å². The van der Waals surface area contributed by atoms with Gasteiger partial charge in [-0.15, -0.1) is 0 Å². The zero-order valence-electron chi connectivity index (χ0n) is 9.79. The molecule has 0 aromatic carbocycles. The molecule has 1 aliphatic carbocycles. The fourth-order valence-electron chi connectivity index (χ4n) is 2.48. The zero-order chi connectivity index (χ0) is 11.3. The summed E-state index contributed by atoms with van der Waals surface area (Å²) in [4.78, 5) is 10.9. The molecule has 0 aromatic rings. The van der Waals surface area contributed by atoms with Gasteiger partial charge in [0.15, 0.2) is 0 Å². The molecule has 0 aliphatic heterocycles. The van der Waals surface area contributed by atoms with Crippen LogP contribution in [0.15, 0.2) is 0 Å². The molecule has 0 atom stereocenters. The molecular formula is C12H22O3. The quantitative estimate of drug-likeness (QED) is 0.732. The molecule has 3 nitrogen and oxygen atoms in total. The van der Waals surface area contributed by atoms with Gasteiger partial charge in [0, 0.05) is 0 Å². The molecule has 0 radical (unpaired) electrons. The first-order valence-corrected chi connectivity index (χ1v) is 5.94. The van der Waals surface area contributed by atoms with Gasteiger partial charge in [-0.2, -0.15) is 0 Å². The lowest BCUT2D eigenvalue weighted by atomic mass is 9.90. The van der Waals surface area contributed by atoms with Crippen LogP contribution in [0, 0.1) is 0 Å². The van der Waals surface area contributed by atoms with Crippen molar-refractivity contribution in [3.8, 4) is 0 Å². The molecule has 1 saturated carbocycles. The summed E-state index contributed by atoms with van der Waals surface area (Å²) in [6, 6.07) is 0. The Kier molecular flexibility index (Phi) is 4.58. The maximum Gasteiger partial charge on any atom is 0.306 e. The Bertz CT molecular complexity index is 203. The first-order chi connectivity index (χ1) is 7.04. The molecule has 15 heavy (non-hydrogen) atoms. The van der Waals surface area contributed by atoms with Crippen molar-refractivity contribution in [2.24, 2.45) is 0 Å². The summed E-state index contributed by atoms with van der Waals surface area (Å²) in [5.41, 5.74) is -0.392. The van der Waals surface area contributed by atoms with E-state index in [4.69, 9.17) is 9.84 Å². The van der Waals surface area contributed by atoms with E-state index in [0.29, 0.717) is 0 Å². The Morgan fingerprint density at radius 1 is 1.27 bits per heavy atom. The summed E-state index contributed by atoms with van der Waals surface area (Å²) in [5.74, 6) is -0.738. The highest BCUT2D eigenvalue weighted by atomic mass is 16.5. The topological polar surface area (TPSA) is 46.5 Å². The first kappa shape index (κ1) is 12.5. The van der Waals surface area contributed by atoms with Crippen LogP contribution in [0.25, 0.3) is 0 Å². The smallest absolute Gasteiger partial charge is 0.306 e. The van der Waals surface area contributed by atoms with Gasteiger partial charge in [0.25, 0.3) is 0 Å². The molecule has 1 N–H and O–H groups in total. The van der Waals surface area contributed by atoms with E-state index in [1.54, 1.807) is 0 Å². The van der Waals surface area contributed by atoms with Gasteiger partial charge in [-0.05, 0) is 26.7 Å². The van der Waals surface area contributed by atoms with Crippen molar-refractivity contribution in [1.29, 1.82) is 0 Å². The van der Waals surface area contributed by atoms with E-state index in [2.05, 4.69) is 0 Å². The first-order valence-electron chi connectivity index (χ1n) is 5.94. The van der Waals surface area contributed by atoms with Gasteiger partial charge in [0.2, 0.25) is 0 Å². The molecule has 0 bridgehead atoms. The van der Waals surface area contributed by atoms with Crippen molar-refractivity contribution in [3.05, 3.63) is 0 Å². The lowest BCUT2D eigenvalue weighted by Gasteiger charge is -2.33. The lowest BCUT2D eigenvalue weighted by Crippen LogP contribution is -2.37. The molecule has 1 fully saturated rings. The number of carboxylic acid groups (broad SMARTS) is 1. The van der Waals surface area contributed by atoms with Gasteiger partial charge in [0.05, 0.1) is 18.1 Å². The van der Waals surface area contributed by atoms with Crippen molar-refractivity contribution in [2.45, 2.75) is 70.5 Å². The minimum atomic E-state index is -0.738. The van der Waals surface area contributed by atoms with Gasteiger partial charge in [-0.25, -0.2) is 0 Å². The average molecular weight is 214 g/mol. The number of ether oxygens (including phenoxy) is 1. The third-order valence-electron chi connectivity index (χ3n) is 2.97. The van der Waals surface area contributed by atoms with E-state index in [1.807, 2.05) is 13.8 Å². The summed E-state index contributed by atoms with van der Waals surface area (Å²) >= 11 is 0. The summed E-state index contributed by atoms with van der Waals surface area (Å²) < 4.78 is 5.89. The molecule has 0 amide bonds. The molecule has 1 aliphatic rings. The summed E-state index contributed by atoms with van der Waals surface area (Å²) in [5, 5.41) is 8.96. The van der Waals surface area contributed by atoms with E-state index < -0.39 is 11.6 Å². The second-order valence-electron chi connectivity index (χ2n) is 4.83. The second-order valence-corrected chi connectivity index (χ2v) is 4.83. The lowest BCUT2D eigenvalue weighted by molar-refractivity contribution is -0.150. The normalized spacial score (nSPS) is 21.3. The van der Waals surface area contributed by atoms with Gasteiger partial charge < -0.3 is 9.84 Å². The van der Waals surface area contributed by atoms with Crippen LogP contribution in [0.3, 0.4) is 0 Å². The van der Waals surface area contributed by atoms with Crippen LogP contribution in [0.2, 0.25) is 0 Å². The maximum absolute atomic E-state index is 10.9. The molecule has 1 rings (SSSR count). The number of carboxylic acids is 1. The Morgan fingerprint density at radius 3 is 2.20 bits per heavy atom. The molecule has 0 aromatic heterocycles. The molecule has 0 spiro atoms. The van der Waals surface area contributed by atoms with Crippen LogP contribution < -0.4 is 0 Å². The van der Waals surface area contributed by atoms with Crippen molar-refractivity contribution < 1.29 is 14.6 Å². The third-order valence-corrected chi connectivity index (χ3v) is 2.97. The number of carbonyl (C=O) groups is 1. The van der Waals surface area contributed by atoms with E-state index in [0.717, 1.165) is 25.7 Å². The summed E-state index contributed by atoms with van der Waals surface area (Å²) in [6.45, 7) is 3.96. The minimum Gasteiger partial charge on any atom is -0.481 e. The van der Waals surface area contributed by atoms with Crippen LogP contribution in [0.4, 0.5) is 0 Å². The predicted octanol–water partition coefficient (Wildman–Crippen LogP) is 2.98. The zero-order valence-corrected chi connectivity index (χ0v) is 9.79. The molecule has 88 valence electrons. The monoisotopic (exact) mass is 214 g/mol. The highest BCUT2D eigenvalue weighted by molar-refractivity contribution is 5.68. The van der Waals surface area contributed by atoms with Crippen LogP contribution in [0.1, 0.15) is 58.8 Å². The fraction of sp³-hybridized carbons (Fsp3) is 0.917. The molecule has 0 heterocycles. The van der Waals surface area contributed by atoms with Gasteiger partial charge in [0.1, 0.15) is 0 Å². The van der Waals surface area contributed by atoms with Crippen LogP contribution in [-0.4, -0.2) is 22.8 Å². The highest BCUT2D eigenvalue weighted by Gasteiger charge is 2.35. The summed E-state index contributed by atoms with van der Waals surface area (Å²) in [7, 11) is 0. The number of hydrogen-bond acceptors (Lipinski definition) is 2. The Morgan fingerprint density at radius 2 is 1.80 bits per heavy atom. The second kappa shape index (κ2) is 5.50. The van der Waals surface area contributed by atoms with Gasteiger partial charge in [-0.1, -0.05) is 25.7 Å². The molecular weight excluding hydrogens is 192 g/mol. The Balaban J connectivity index is 2.67. The van der Waals surface area contributed by atoms with Crippen molar-refractivity contribution in [1.82, 2.24) is 0 Å². The minimum absolute atomic E-state index is 0.113. The number of hydrogen-bond donors (Lipinski definition) is 1. The number of rotatable bonds is 4. The van der Waals surface area contributed by atoms with E-state index in [-0.39, 0.29) is 12.5 Å². The Labute approximate surface area is 91.8 Å². The van der Waals surface area contributed by atoms with Crippen molar-refractivity contribution >= 4 is 5.97 Å². The highest BCUT2D eigenvalue weighted by Crippen LogP contribution is 2.34. The Hall–Kier alpha value is -0.570.